The van der Waals surface area contributed by atoms with Crippen molar-refractivity contribution >= 4 is 28.3 Å². The fraction of sp³-hybridized carbons (Fsp3) is 0.400. The van der Waals surface area contributed by atoms with Crippen molar-refractivity contribution in [1.29, 1.82) is 0 Å². The maximum atomic E-state index is 9.75. The number of rotatable bonds is 4. The molecule has 4 nitrogen and oxygen atoms in total. The molecule has 16 heavy (non-hydrogen) atoms. The van der Waals surface area contributed by atoms with Crippen LogP contribution in [0, 0.1) is 0 Å². The lowest BCUT2D eigenvalue weighted by atomic mass is 10.0. The van der Waals surface area contributed by atoms with Crippen molar-refractivity contribution in [2.45, 2.75) is 12.5 Å². The van der Waals surface area contributed by atoms with Crippen molar-refractivity contribution in [2.75, 3.05) is 13.7 Å². The number of hydrogen-bond acceptors (Lipinski definition) is 4. The van der Waals surface area contributed by atoms with E-state index in [2.05, 4.69) is 15.9 Å². The first-order valence-electron chi connectivity index (χ1n) is 4.53. The maximum absolute atomic E-state index is 9.75. The Hall–Kier alpha value is -0.490. The molecule has 0 saturated carbocycles. The molecule has 0 saturated heterocycles. The van der Waals surface area contributed by atoms with E-state index in [9.17, 15) is 5.11 Å². The van der Waals surface area contributed by atoms with Crippen molar-refractivity contribution in [3.05, 3.63) is 22.2 Å². The van der Waals surface area contributed by atoms with Crippen LogP contribution in [0.2, 0.25) is 0 Å². The summed E-state index contributed by atoms with van der Waals surface area (Å²) in [6.07, 6.45) is 0.396. The van der Waals surface area contributed by atoms with Crippen LogP contribution in [0.5, 0.6) is 11.5 Å². The molecule has 1 aromatic carbocycles. The van der Waals surface area contributed by atoms with E-state index in [1.807, 2.05) is 0 Å². The lowest BCUT2D eigenvalue weighted by molar-refractivity contribution is 0.275. The quantitative estimate of drug-likeness (QED) is 0.794. The molecule has 1 aromatic rings. The number of benzene rings is 1. The summed E-state index contributed by atoms with van der Waals surface area (Å²) < 4.78 is 5.59. The van der Waals surface area contributed by atoms with Crippen molar-refractivity contribution in [3.63, 3.8) is 0 Å². The number of phenolic OH excluding ortho intramolecular Hbond substituents is 1. The second kappa shape index (κ2) is 6.96. The van der Waals surface area contributed by atoms with Gasteiger partial charge in [0.25, 0.3) is 0 Å². The Morgan fingerprint density at radius 3 is 2.62 bits per heavy atom. The Balaban J connectivity index is 0.00000225. The lowest BCUT2D eigenvalue weighted by Crippen LogP contribution is -2.12. The van der Waals surface area contributed by atoms with E-state index in [1.165, 1.54) is 0 Å². The van der Waals surface area contributed by atoms with E-state index in [4.69, 9.17) is 15.6 Å². The zero-order valence-electron chi connectivity index (χ0n) is 8.81. The van der Waals surface area contributed by atoms with Gasteiger partial charge < -0.3 is 20.7 Å². The Kier molecular flexibility index (Phi) is 6.74. The molecule has 0 spiro atoms. The third-order valence-corrected chi connectivity index (χ3v) is 2.75. The highest BCUT2D eigenvalue weighted by molar-refractivity contribution is 9.10. The van der Waals surface area contributed by atoms with E-state index in [-0.39, 0.29) is 24.8 Å². The molecule has 6 heteroatoms. The first-order valence-corrected chi connectivity index (χ1v) is 5.32. The second-order valence-corrected chi connectivity index (χ2v) is 4.02. The molecular weight excluding hydrogens is 297 g/mol. The number of aliphatic hydroxyl groups is 1. The highest BCUT2D eigenvalue weighted by atomic mass is 79.9. The van der Waals surface area contributed by atoms with Gasteiger partial charge in [-0.3, -0.25) is 0 Å². The molecule has 0 aliphatic rings. The smallest absolute Gasteiger partial charge is 0.134 e. The van der Waals surface area contributed by atoms with E-state index in [1.54, 1.807) is 19.2 Å². The molecular formula is C10H15BrClNO3. The SMILES string of the molecule is COc1cc(Br)c(O)c([C@H](N)CCO)c1.Cl. The van der Waals surface area contributed by atoms with Gasteiger partial charge >= 0.3 is 0 Å². The highest BCUT2D eigenvalue weighted by Crippen LogP contribution is 2.36. The summed E-state index contributed by atoms with van der Waals surface area (Å²) in [6.45, 7) is -0.0184. The van der Waals surface area contributed by atoms with Gasteiger partial charge in [0, 0.05) is 18.2 Å². The minimum absolute atomic E-state index is 0. The number of ether oxygens (including phenoxy) is 1. The molecule has 92 valence electrons. The van der Waals surface area contributed by atoms with Crippen LogP contribution in [0.15, 0.2) is 16.6 Å². The first-order chi connectivity index (χ1) is 7.10. The van der Waals surface area contributed by atoms with Crippen LogP contribution >= 0.6 is 28.3 Å². The van der Waals surface area contributed by atoms with Gasteiger partial charge in [0.2, 0.25) is 0 Å². The molecule has 0 aromatic heterocycles. The average Bonchev–Trinajstić information content (AvgIpc) is 2.22. The van der Waals surface area contributed by atoms with E-state index in [0.717, 1.165) is 0 Å². The largest absolute Gasteiger partial charge is 0.506 e. The average molecular weight is 313 g/mol. The number of phenols is 1. The fourth-order valence-electron chi connectivity index (χ4n) is 1.29. The van der Waals surface area contributed by atoms with Crippen LogP contribution in [-0.4, -0.2) is 23.9 Å². The van der Waals surface area contributed by atoms with Gasteiger partial charge in [0.05, 0.1) is 11.6 Å². The zero-order chi connectivity index (χ0) is 11.4. The number of methoxy groups -OCH3 is 1. The van der Waals surface area contributed by atoms with E-state index >= 15 is 0 Å². The summed E-state index contributed by atoms with van der Waals surface area (Å²) >= 11 is 3.21. The zero-order valence-corrected chi connectivity index (χ0v) is 11.2. The van der Waals surface area contributed by atoms with Crippen molar-refractivity contribution < 1.29 is 14.9 Å². The van der Waals surface area contributed by atoms with E-state index < -0.39 is 6.04 Å². The van der Waals surface area contributed by atoms with Crippen LogP contribution in [0.1, 0.15) is 18.0 Å². The van der Waals surface area contributed by atoms with Crippen molar-refractivity contribution in [3.8, 4) is 11.5 Å². The summed E-state index contributed by atoms with van der Waals surface area (Å²) in [5, 5.41) is 18.5. The standard InChI is InChI=1S/C10H14BrNO3.ClH/c1-15-6-4-7(9(12)2-3-13)10(14)8(11)5-6;/h4-5,9,13-14H,2-3,12H2,1H3;1H/t9-;/m1./s1. The summed E-state index contributed by atoms with van der Waals surface area (Å²) in [5.41, 5.74) is 6.37. The lowest BCUT2D eigenvalue weighted by Gasteiger charge is -2.14. The molecule has 0 bridgehead atoms. The van der Waals surface area contributed by atoms with Gasteiger partial charge in [-0.2, -0.15) is 0 Å². The van der Waals surface area contributed by atoms with Gasteiger partial charge in [-0.1, -0.05) is 0 Å². The topological polar surface area (TPSA) is 75.7 Å². The molecule has 0 aliphatic heterocycles. The second-order valence-electron chi connectivity index (χ2n) is 3.17. The molecule has 0 radical (unpaired) electrons. The van der Waals surface area contributed by atoms with Crippen molar-refractivity contribution in [2.24, 2.45) is 5.73 Å². The maximum Gasteiger partial charge on any atom is 0.134 e. The highest BCUT2D eigenvalue weighted by Gasteiger charge is 2.14. The molecule has 0 fully saturated rings. The van der Waals surface area contributed by atoms with Crippen LogP contribution in [-0.2, 0) is 0 Å². The van der Waals surface area contributed by atoms with Gasteiger partial charge in [0.1, 0.15) is 11.5 Å². The molecule has 0 unspecified atom stereocenters. The molecule has 1 atom stereocenters. The third kappa shape index (κ3) is 3.52. The van der Waals surface area contributed by atoms with Crippen LogP contribution in [0.3, 0.4) is 0 Å². The summed E-state index contributed by atoms with van der Waals surface area (Å²) in [6, 6.07) is 2.92. The predicted molar refractivity (Wildman–Crippen MR) is 68.2 cm³/mol. The third-order valence-electron chi connectivity index (χ3n) is 2.14. The van der Waals surface area contributed by atoms with Gasteiger partial charge in [-0.05, 0) is 34.5 Å². The number of aliphatic hydroxyl groups excluding tert-OH is 1. The molecule has 1 rings (SSSR count). The Bertz CT molecular complexity index is 349. The summed E-state index contributed by atoms with van der Waals surface area (Å²) in [5.74, 6) is 0.708. The van der Waals surface area contributed by atoms with Crippen LogP contribution < -0.4 is 10.5 Å². The minimum atomic E-state index is -0.401. The molecule has 0 amide bonds. The number of aromatic hydroxyl groups is 1. The van der Waals surface area contributed by atoms with Gasteiger partial charge in [-0.15, -0.1) is 12.4 Å². The van der Waals surface area contributed by atoms with Crippen LogP contribution in [0.4, 0.5) is 0 Å². The predicted octanol–water partition coefficient (Wildman–Crippen LogP) is 1.97. The minimum Gasteiger partial charge on any atom is -0.506 e. The Morgan fingerprint density at radius 1 is 1.50 bits per heavy atom. The first kappa shape index (κ1) is 15.5. The number of nitrogens with two attached hydrogens (primary N) is 1. The fourth-order valence-corrected chi connectivity index (χ4v) is 1.74. The number of halogens is 2. The van der Waals surface area contributed by atoms with E-state index in [0.29, 0.717) is 22.2 Å². The number of hydrogen-bond donors (Lipinski definition) is 3. The van der Waals surface area contributed by atoms with Gasteiger partial charge in [0.15, 0.2) is 0 Å². The van der Waals surface area contributed by atoms with Crippen molar-refractivity contribution in [1.82, 2.24) is 0 Å². The Labute approximate surface area is 109 Å². The molecule has 4 N–H and O–H groups in total. The molecule has 0 heterocycles. The summed E-state index contributed by atoms with van der Waals surface area (Å²) in [4.78, 5) is 0. The monoisotopic (exact) mass is 311 g/mol. The molecule has 0 aliphatic carbocycles. The summed E-state index contributed by atoms with van der Waals surface area (Å²) in [7, 11) is 1.54. The van der Waals surface area contributed by atoms with Gasteiger partial charge in [-0.25, -0.2) is 0 Å². The van der Waals surface area contributed by atoms with Crippen LogP contribution in [0.25, 0.3) is 0 Å². The Morgan fingerprint density at radius 2 is 2.12 bits per heavy atom. The normalized spacial score (nSPS) is 11.8.